The van der Waals surface area contributed by atoms with Gasteiger partial charge < -0.3 is 25.6 Å². The van der Waals surface area contributed by atoms with E-state index in [9.17, 15) is 4.79 Å². The molecule has 2 aliphatic heterocycles. The Bertz CT molecular complexity index is 722. The van der Waals surface area contributed by atoms with Gasteiger partial charge in [0.1, 0.15) is 0 Å². The Morgan fingerprint density at radius 2 is 1.94 bits per heavy atom. The number of nitrogens with one attached hydrogen (secondary N) is 1. The number of guanidine groups is 1. The standard InChI is InChI=1S/C21H33ClN6O2.HI/c1-2-30-21(29)28-9-6-18(7-10-28)25-20(23)24-8-11-26-12-14-27(15-13-26)19-5-3-4-17(22)16-19;/h3-5,16,18H,2,6-15H2,1H3,(H3,23,24,25);1H. The van der Waals surface area contributed by atoms with Gasteiger partial charge in [0.25, 0.3) is 0 Å². The number of likely N-dealkylation sites (tertiary alicyclic amines) is 1. The number of nitrogens with two attached hydrogens (primary N) is 1. The maximum Gasteiger partial charge on any atom is 0.409 e. The van der Waals surface area contributed by atoms with Crippen LogP contribution in [0.4, 0.5) is 10.5 Å². The molecule has 1 aromatic rings. The zero-order valence-corrected chi connectivity index (χ0v) is 21.2. The Morgan fingerprint density at radius 1 is 1.23 bits per heavy atom. The van der Waals surface area contributed by atoms with E-state index in [1.807, 2.05) is 25.1 Å². The van der Waals surface area contributed by atoms with Gasteiger partial charge >= 0.3 is 6.09 Å². The third-order valence-corrected chi connectivity index (χ3v) is 5.85. The van der Waals surface area contributed by atoms with Gasteiger partial charge in [0.05, 0.1) is 13.2 Å². The quantitative estimate of drug-likeness (QED) is 0.314. The first-order chi connectivity index (χ1) is 14.5. The van der Waals surface area contributed by atoms with Crippen molar-refractivity contribution in [3.05, 3.63) is 29.3 Å². The number of carbonyl (C=O) groups excluding carboxylic acids is 1. The van der Waals surface area contributed by atoms with E-state index in [2.05, 4.69) is 26.2 Å². The van der Waals surface area contributed by atoms with Crippen LogP contribution in [0.5, 0.6) is 0 Å². The molecule has 174 valence electrons. The summed E-state index contributed by atoms with van der Waals surface area (Å²) >= 11 is 6.10. The van der Waals surface area contributed by atoms with Crippen LogP contribution in [0.3, 0.4) is 0 Å². The van der Waals surface area contributed by atoms with Crippen molar-refractivity contribution in [2.24, 2.45) is 10.7 Å². The fraction of sp³-hybridized carbons (Fsp3) is 0.619. The molecule has 0 saturated carbocycles. The summed E-state index contributed by atoms with van der Waals surface area (Å²) in [5.41, 5.74) is 7.25. The highest BCUT2D eigenvalue weighted by atomic mass is 127. The highest BCUT2D eigenvalue weighted by Crippen LogP contribution is 2.20. The lowest BCUT2D eigenvalue weighted by Crippen LogP contribution is -2.49. The number of carbonyl (C=O) groups is 1. The summed E-state index contributed by atoms with van der Waals surface area (Å²) in [6.45, 7) is 9.14. The molecule has 0 spiro atoms. The summed E-state index contributed by atoms with van der Waals surface area (Å²) in [6, 6.07) is 8.28. The highest BCUT2D eigenvalue weighted by molar-refractivity contribution is 14.0. The number of piperidine rings is 1. The largest absolute Gasteiger partial charge is 0.450 e. The third-order valence-electron chi connectivity index (χ3n) is 5.62. The number of rotatable bonds is 6. The number of hydrogen-bond donors (Lipinski definition) is 2. The van der Waals surface area contributed by atoms with Gasteiger partial charge in [-0.05, 0) is 38.0 Å². The zero-order chi connectivity index (χ0) is 21.3. The Labute approximate surface area is 207 Å². The van der Waals surface area contributed by atoms with E-state index in [4.69, 9.17) is 22.1 Å². The second-order valence-electron chi connectivity index (χ2n) is 7.68. The number of piperazine rings is 1. The smallest absolute Gasteiger partial charge is 0.409 e. The van der Waals surface area contributed by atoms with Crippen LogP contribution in [-0.2, 0) is 4.74 Å². The minimum Gasteiger partial charge on any atom is -0.450 e. The van der Waals surface area contributed by atoms with Gasteiger partial charge in [0, 0.05) is 62.6 Å². The summed E-state index contributed by atoms with van der Waals surface area (Å²) in [7, 11) is 0. The second-order valence-corrected chi connectivity index (χ2v) is 8.12. The molecule has 1 aromatic carbocycles. The van der Waals surface area contributed by atoms with Gasteiger partial charge in [-0.3, -0.25) is 9.89 Å². The molecule has 1 amide bonds. The number of amides is 1. The van der Waals surface area contributed by atoms with Crippen LogP contribution in [0.25, 0.3) is 0 Å². The molecule has 2 saturated heterocycles. The average Bonchev–Trinajstić information content (AvgIpc) is 2.75. The summed E-state index contributed by atoms with van der Waals surface area (Å²) in [4.78, 5) is 22.8. The predicted octanol–water partition coefficient (Wildman–Crippen LogP) is 2.61. The lowest BCUT2D eigenvalue weighted by atomic mass is 10.1. The number of anilines is 1. The fourth-order valence-electron chi connectivity index (χ4n) is 3.89. The minimum absolute atomic E-state index is 0. The van der Waals surface area contributed by atoms with E-state index in [1.54, 1.807) is 4.90 Å². The molecule has 3 N–H and O–H groups in total. The van der Waals surface area contributed by atoms with E-state index in [0.29, 0.717) is 32.2 Å². The molecule has 10 heteroatoms. The van der Waals surface area contributed by atoms with Crippen LogP contribution in [0.15, 0.2) is 29.3 Å². The van der Waals surface area contributed by atoms with Gasteiger partial charge in [-0.15, -0.1) is 24.0 Å². The molecule has 0 aromatic heterocycles. The number of halogens is 2. The van der Waals surface area contributed by atoms with Gasteiger partial charge in [0.15, 0.2) is 5.96 Å². The molecule has 31 heavy (non-hydrogen) atoms. The Balaban J connectivity index is 0.00000341. The van der Waals surface area contributed by atoms with Crippen molar-refractivity contribution in [2.45, 2.75) is 25.8 Å². The minimum atomic E-state index is -0.229. The van der Waals surface area contributed by atoms with Gasteiger partial charge in [-0.25, -0.2) is 4.79 Å². The van der Waals surface area contributed by atoms with E-state index >= 15 is 0 Å². The number of hydrogen-bond acceptors (Lipinski definition) is 5. The summed E-state index contributed by atoms with van der Waals surface area (Å²) < 4.78 is 5.05. The maximum absolute atomic E-state index is 11.8. The lowest BCUT2D eigenvalue weighted by Gasteiger charge is -2.36. The first-order valence-corrected chi connectivity index (χ1v) is 11.1. The molecular formula is C21H34ClIN6O2. The molecule has 2 heterocycles. The topological polar surface area (TPSA) is 86.4 Å². The number of benzene rings is 1. The van der Waals surface area contributed by atoms with Crippen molar-refractivity contribution in [3.63, 3.8) is 0 Å². The van der Waals surface area contributed by atoms with Crippen molar-refractivity contribution in [2.75, 3.05) is 63.9 Å². The van der Waals surface area contributed by atoms with E-state index < -0.39 is 0 Å². The van der Waals surface area contributed by atoms with Gasteiger partial charge in [0.2, 0.25) is 0 Å². The van der Waals surface area contributed by atoms with Crippen molar-refractivity contribution < 1.29 is 9.53 Å². The fourth-order valence-corrected chi connectivity index (χ4v) is 4.07. The molecule has 2 fully saturated rings. The van der Waals surface area contributed by atoms with E-state index in [-0.39, 0.29) is 36.1 Å². The number of aliphatic imine (C=N–C) groups is 1. The first-order valence-electron chi connectivity index (χ1n) is 10.8. The van der Waals surface area contributed by atoms with Crippen molar-refractivity contribution in [1.29, 1.82) is 0 Å². The van der Waals surface area contributed by atoms with Crippen LogP contribution in [0, 0.1) is 0 Å². The van der Waals surface area contributed by atoms with Crippen molar-refractivity contribution >= 4 is 53.3 Å². The van der Waals surface area contributed by atoms with Crippen molar-refractivity contribution in [3.8, 4) is 0 Å². The molecule has 0 atom stereocenters. The molecule has 3 rings (SSSR count). The molecule has 0 unspecified atom stereocenters. The lowest BCUT2D eigenvalue weighted by molar-refractivity contribution is 0.0963. The van der Waals surface area contributed by atoms with Crippen LogP contribution in [0.1, 0.15) is 19.8 Å². The van der Waals surface area contributed by atoms with Gasteiger partial charge in [-0.2, -0.15) is 0 Å². The summed E-state index contributed by atoms with van der Waals surface area (Å²) in [5, 5.41) is 4.07. The molecule has 0 aliphatic carbocycles. The third kappa shape index (κ3) is 8.19. The molecule has 2 aliphatic rings. The molecule has 8 nitrogen and oxygen atoms in total. The van der Waals surface area contributed by atoms with E-state index in [0.717, 1.165) is 50.6 Å². The Hall–Kier alpha value is -1.46. The van der Waals surface area contributed by atoms with Crippen molar-refractivity contribution in [1.82, 2.24) is 15.1 Å². The Morgan fingerprint density at radius 3 is 2.58 bits per heavy atom. The monoisotopic (exact) mass is 564 g/mol. The number of nitrogens with zero attached hydrogens (tertiary/aromatic N) is 4. The van der Waals surface area contributed by atoms with Crippen LogP contribution in [-0.4, -0.2) is 86.9 Å². The molecular weight excluding hydrogens is 531 g/mol. The normalized spacial score (nSPS) is 18.5. The second kappa shape index (κ2) is 13.2. The SMILES string of the molecule is CCOC(=O)N1CCC(NC(N)=NCCN2CCN(c3cccc(Cl)c3)CC2)CC1.I. The zero-order valence-electron chi connectivity index (χ0n) is 18.1. The molecule has 0 bridgehead atoms. The maximum atomic E-state index is 11.8. The summed E-state index contributed by atoms with van der Waals surface area (Å²) in [5.74, 6) is 0.488. The average molecular weight is 565 g/mol. The van der Waals surface area contributed by atoms with E-state index in [1.165, 1.54) is 5.69 Å². The summed E-state index contributed by atoms with van der Waals surface area (Å²) in [6.07, 6.45) is 1.47. The molecule has 0 radical (unpaired) electrons. The van der Waals surface area contributed by atoms with Crippen LogP contribution >= 0.6 is 35.6 Å². The van der Waals surface area contributed by atoms with Gasteiger partial charge in [-0.1, -0.05) is 17.7 Å². The van der Waals surface area contributed by atoms with Crippen LogP contribution < -0.4 is 16.0 Å². The highest BCUT2D eigenvalue weighted by Gasteiger charge is 2.23. The van der Waals surface area contributed by atoms with Crippen LogP contribution in [0.2, 0.25) is 5.02 Å². The number of ether oxygens (including phenoxy) is 1. The Kier molecular flexibility index (Phi) is 11.0. The first kappa shape index (κ1) is 25.8. The predicted molar refractivity (Wildman–Crippen MR) is 137 cm³/mol.